The molecule has 0 spiro atoms. The molecule has 0 saturated carbocycles. The molecule has 2 aromatic rings. The Balaban J connectivity index is 2.22. The zero-order valence-electron chi connectivity index (χ0n) is 16.1. The second-order valence-electron chi connectivity index (χ2n) is 6.42. The Kier molecular flexibility index (Phi) is 7.12. The second-order valence-corrected chi connectivity index (χ2v) is 8.19. The number of amides is 1. The van der Waals surface area contributed by atoms with Gasteiger partial charge in [0.15, 0.2) is 0 Å². The number of methoxy groups -OCH3 is 1. The minimum absolute atomic E-state index is 0.0536. The number of ether oxygens (including phenoxy) is 1. The third kappa shape index (κ3) is 5.38. The van der Waals surface area contributed by atoms with E-state index in [1.54, 1.807) is 13.0 Å². The topological polar surface area (TPSA) is 84.5 Å². The van der Waals surface area contributed by atoms with Gasteiger partial charge in [-0.05, 0) is 49.6 Å². The summed E-state index contributed by atoms with van der Waals surface area (Å²) in [5, 5.41) is 2.95. The molecule has 0 aliphatic carbocycles. The summed E-state index contributed by atoms with van der Waals surface area (Å²) in [6.45, 7) is 6.11. The Morgan fingerprint density at radius 3 is 2.48 bits per heavy atom. The lowest BCUT2D eigenvalue weighted by atomic mass is 10.0. The van der Waals surface area contributed by atoms with Crippen LogP contribution >= 0.6 is 0 Å². The summed E-state index contributed by atoms with van der Waals surface area (Å²) in [6.07, 6.45) is 0. The fourth-order valence-electron chi connectivity index (χ4n) is 2.80. The van der Waals surface area contributed by atoms with Gasteiger partial charge in [0.1, 0.15) is 0 Å². The molecule has 1 amide bonds. The van der Waals surface area contributed by atoms with Crippen LogP contribution in [0.5, 0.6) is 0 Å². The van der Waals surface area contributed by atoms with Gasteiger partial charge < -0.3 is 10.1 Å². The Bertz CT molecular complexity index is 910. The number of benzene rings is 2. The van der Waals surface area contributed by atoms with Gasteiger partial charge in [0.2, 0.25) is 10.0 Å². The molecular weight excluding hydrogens is 364 g/mol. The Labute approximate surface area is 161 Å². The number of aryl methyl sites for hydroxylation is 2. The van der Waals surface area contributed by atoms with Gasteiger partial charge in [0.05, 0.1) is 17.5 Å². The smallest absolute Gasteiger partial charge is 0.252 e. The highest BCUT2D eigenvalue weighted by Gasteiger charge is 2.19. The average molecular weight is 391 g/mol. The summed E-state index contributed by atoms with van der Waals surface area (Å²) in [5.41, 5.74) is 3.15. The average Bonchev–Trinajstić information content (AvgIpc) is 2.62. The van der Waals surface area contributed by atoms with Crippen LogP contribution in [-0.4, -0.2) is 34.6 Å². The number of hydrogen-bond acceptors (Lipinski definition) is 4. The van der Waals surface area contributed by atoms with E-state index in [0.717, 1.165) is 11.1 Å². The zero-order chi connectivity index (χ0) is 20.0. The van der Waals surface area contributed by atoms with Crippen molar-refractivity contribution in [3.05, 3.63) is 64.7 Å². The first-order chi connectivity index (χ1) is 12.8. The lowest BCUT2D eigenvalue weighted by Crippen LogP contribution is -2.29. The zero-order valence-corrected chi connectivity index (χ0v) is 16.9. The van der Waals surface area contributed by atoms with Crippen molar-refractivity contribution in [2.24, 2.45) is 0 Å². The second kappa shape index (κ2) is 9.12. The summed E-state index contributed by atoms with van der Waals surface area (Å²) >= 11 is 0. The van der Waals surface area contributed by atoms with Crippen molar-refractivity contribution in [1.29, 1.82) is 0 Å². The minimum Gasteiger partial charge on any atom is -0.383 e. The predicted octanol–water partition coefficient (Wildman–Crippen LogP) is 2.72. The van der Waals surface area contributed by atoms with E-state index in [1.807, 2.05) is 38.1 Å². The number of carbonyl (C=O) groups excluding carboxylic acids is 1. The van der Waals surface area contributed by atoms with Crippen molar-refractivity contribution in [2.75, 3.05) is 20.3 Å². The molecule has 0 radical (unpaired) electrons. The van der Waals surface area contributed by atoms with Crippen molar-refractivity contribution < 1.29 is 17.9 Å². The molecule has 7 heteroatoms. The summed E-state index contributed by atoms with van der Waals surface area (Å²) in [6, 6.07) is 12.2. The Morgan fingerprint density at radius 1 is 1.11 bits per heavy atom. The van der Waals surface area contributed by atoms with Gasteiger partial charge >= 0.3 is 0 Å². The summed E-state index contributed by atoms with van der Waals surface area (Å²) in [7, 11) is -2.20. The molecular formula is C20H26N2O4S. The van der Waals surface area contributed by atoms with E-state index in [2.05, 4.69) is 10.0 Å². The van der Waals surface area contributed by atoms with E-state index in [0.29, 0.717) is 11.1 Å². The van der Waals surface area contributed by atoms with Crippen LogP contribution in [-0.2, 0) is 14.8 Å². The summed E-state index contributed by atoms with van der Waals surface area (Å²) in [4.78, 5) is 12.8. The summed E-state index contributed by atoms with van der Waals surface area (Å²) in [5.74, 6) is -0.308. The SMILES string of the molecule is COCCNS(=O)(=O)c1ccc(C)c(C(=O)NC(C)c2ccccc2C)c1. The molecule has 1 atom stereocenters. The molecule has 146 valence electrons. The third-order valence-electron chi connectivity index (χ3n) is 4.36. The minimum atomic E-state index is -3.70. The number of hydrogen-bond donors (Lipinski definition) is 2. The number of nitrogens with one attached hydrogen (secondary N) is 2. The first-order valence-electron chi connectivity index (χ1n) is 8.72. The molecule has 2 N–H and O–H groups in total. The highest BCUT2D eigenvalue weighted by atomic mass is 32.2. The molecule has 0 aliphatic rings. The first-order valence-corrected chi connectivity index (χ1v) is 10.2. The van der Waals surface area contributed by atoms with Gasteiger partial charge in [-0.3, -0.25) is 4.79 Å². The normalized spacial score (nSPS) is 12.6. The van der Waals surface area contributed by atoms with Crippen molar-refractivity contribution in [2.45, 2.75) is 31.7 Å². The van der Waals surface area contributed by atoms with Crippen LogP contribution in [0.1, 0.15) is 40.0 Å². The molecule has 0 bridgehead atoms. The van der Waals surface area contributed by atoms with Crippen molar-refractivity contribution in [3.63, 3.8) is 0 Å². The molecule has 0 saturated heterocycles. The van der Waals surface area contributed by atoms with E-state index in [1.165, 1.54) is 19.2 Å². The summed E-state index contributed by atoms with van der Waals surface area (Å²) < 4.78 is 32.1. The molecule has 0 aliphatic heterocycles. The van der Waals surface area contributed by atoms with E-state index in [4.69, 9.17) is 4.74 Å². The standard InChI is InChI=1S/C20H26N2O4S/c1-14-7-5-6-8-18(14)16(3)22-20(23)19-13-17(10-9-15(19)2)27(24,25)21-11-12-26-4/h5-10,13,16,21H,11-12H2,1-4H3,(H,22,23). The van der Waals surface area contributed by atoms with Crippen molar-refractivity contribution in [3.8, 4) is 0 Å². The highest BCUT2D eigenvalue weighted by molar-refractivity contribution is 7.89. The third-order valence-corrected chi connectivity index (χ3v) is 5.82. The monoisotopic (exact) mass is 390 g/mol. The number of carbonyl (C=O) groups is 1. The van der Waals surface area contributed by atoms with Gasteiger partial charge in [0, 0.05) is 19.2 Å². The maximum absolute atomic E-state index is 12.8. The number of sulfonamides is 1. The first kappa shape index (κ1) is 21.1. The molecule has 0 heterocycles. The van der Waals surface area contributed by atoms with Gasteiger partial charge in [-0.15, -0.1) is 0 Å². The molecule has 1 unspecified atom stereocenters. The van der Waals surface area contributed by atoms with Crippen LogP contribution in [0.25, 0.3) is 0 Å². The van der Waals surface area contributed by atoms with E-state index in [9.17, 15) is 13.2 Å². The van der Waals surface area contributed by atoms with Crippen LogP contribution in [0.4, 0.5) is 0 Å². The molecule has 2 aromatic carbocycles. The van der Waals surface area contributed by atoms with Crippen LogP contribution in [0.3, 0.4) is 0 Å². The van der Waals surface area contributed by atoms with Gasteiger partial charge in [-0.25, -0.2) is 13.1 Å². The maximum atomic E-state index is 12.8. The maximum Gasteiger partial charge on any atom is 0.252 e. The van der Waals surface area contributed by atoms with Crippen LogP contribution in [0, 0.1) is 13.8 Å². The highest BCUT2D eigenvalue weighted by Crippen LogP contribution is 2.20. The lowest BCUT2D eigenvalue weighted by Gasteiger charge is -2.18. The lowest BCUT2D eigenvalue weighted by molar-refractivity contribution is 0.0939. The fraction of sp³-hybridized carbons (Fsp3) is 0.350. The van der Waals surface area contributed by atoms with Crippen LogP contribution in [0.15, 0.2) is 47.4 Å². The molecule has 0 aromatic heterocycles. The Morgan fingerprint density at radius 2 is 1.81 bits per heavy atom. The molecule has 6 nitrogen and oxygen atoms in total. The van der Waals surface area contributed by atoms with E-state index >= 15 is 0 Å². The van der Waals surface area contributed by atoms with E-state index in [-0.39, 0.29) is 30.0 Å². The van der Waals surface area contributed by atoms with Crippen molar-refractivity contribution >= 4 is 15.9 Å². The van der Waals surface area contributed by atoms with Crippen LogP contribution in [0.2, 0.25) is 0 Å². The molecule has 0 fully saturated rings. The molecule has 2 rings (SSSR count). The van der Waals surface area contributed by atoms with Crippen molar-refractivity contribution in [1.82, 2.24) is 10.0 Å². The van der Waals surface area contributed by atoms with Gasteiger partial charge in [-0.1, -0.05) is 30.3 Å². The van der Waals surface area contributed by atoms with Gasteiger partial charge in [-0.2, -0.15) is 0 Å². The molecule has 27 heavy (non-hydrogen) atoms. The largest absolute Gasteiger partial charge is 0.383 e. The predicted molar refractivity (Wildman–Crippen MR) is 105 cm³/mol. The fourth-order valence-corrected chi connectivity index (χ4v) is 3.84. The van der Waals surface area contributed by atoms with E-state index < -0.39 is 10.0 Å². The number of rotatable bonds is 8. The van der Waals surface area contributed by atoms with Crippen LogP contribution < -0.4 is 10.0 Å². The Hall–Kier alpha value is -2.22. The van der Waals surface area contributed by atoms with Gasteiger partial charge in [0.25, 0.3) is 5.91 Å². The quantitative estimate of drug-likeness (QED) is 0.679.